The second-order valence-electron chi connectivity index (χ2n) is 6.28. The number of aromatic nitrogens is 2. The summed E-state index contributed by atoms with van der Waals surface area (Å²) in [5.41, 5.74) is 1.25. The fraction of sp³-hybridized carbons (Fsp3) is 0.316. The third-order valence-corrected chi connectivity index (χ3v) is 4.72. The van der Waals surface area contributed by atoms with Crippen LogP contribution in [-0.4, -0.2) is 39.5 Å². The minimum absolute atomic E-state index is 0.0327. The highest BCUT2D eigenvalue weighted by atomic mass is 16.5. The Morgan fingerprint density at radius 2 is 2.08 bits per heavy atom. The van der Waals surface area contributed by atoms with E-state index in [0.29, 0.717) is 12.2 Å². The normalized spacial score (nSPS) is 22.6. The summed E-state index contributed by atoms with van der Waals surface area (Å²) in [4.78, 5) is 22.4. The zero-order valence-corrected chi connectivity index (χ0v) is 13.4. The third kappa shape index (κ3) is 2.77. The van der Waals surface area contributed by atoms with Gasteiger partial charge < -0.3 is 9.64 Å². The van der Waals surface area contributed by atoms with Crippen LogP contribution in [0.4, 0.5) is 0 Å². The maximum Gasteiger partial charge on any atom is 0.272 e. The molecule has 0 unspecified atom stereocenters. The first-order valence-electron chi connectivity index (χ1n) is 8.28. The van der Waals surface area contributed by atoms with Crippen LogP contribution < -0.4 is 4.74 Å². The Balaban J connectivity index is 1.50. The van der Waals surface area contributed by atoms with Gasteiger partial charge in [-0.05, 0) is 31.1 Å². The van der Waals surface area contributed by atoms with Gasteiger partial charge in [-0.1, -0.05) is 24.3 Å². The fourth-order valence-electron chi connectivity index (χ4n) is 3.39. The number of hydrogen-bond donors (Lipinski definition) is 0. The highest BCUT2D eigenvalue weighted by Gasteiger charge is 2.36. The lowest BCUT2D eigenvalue weighted by Crippen LogP contribution is -2.38. The molecule has 0 saturated carbocycles. The van der Waals surface area contributed by atoms with Gasteiger partial charge in [0.15, 0.2) is 0 Å². The highest BCUT2D eigenvalue weighted by molar-refractivity contribution is 5.92. The minimum atomic E-state index is -0.310. The average molecular weight is 321 g/mol. The van der Waals surface area contributed by atoms with Crippen LogP contribution >= 0.6 is 0 Å². The molecule has 1 spiro atoms. The van der Waals surface area contributed by atoms with E-state index in [4.69, 9.17) is 4.74 Å². The van der Waals surface area contributed by atoms with E-state index in [-0.39, 0.29) is 11.5 Å². The van der Waals surface area contributed by atoms with Gasteiger partial charge in [-0.2, -0.15) is 0 Å². The molecule has 2 aromatic rings. The van der Waals surface area contributed by atoms with Crippen LogP contribution in [-0.2, 0) is 0 Å². The Labute approximate surface area is 141 Å². The van der Waals surface area contributed by atoms with Gasteiger partial charge in [-0.3, -0.25) is 4.79 Å². The molecular formula is C19H19N3O2. The van der Waals surface area contributed by atoms with E-state index in [0.717, 1.165) is 37.1 Å². The first-order chi connectivity index (χ1) is 11.8. The Kier molecular flexibility index (Phi) is 3.76. The summed E-state index contributed by atoms with van der Waals surface area (Å²) < 4.78 is 6.32. The molecule has 0 radical (unpaired) electrons. The van der Waals surface area contributed by atoms with Crippen LogP contribution in [0.3, 0.4) is 0 Å². The predicted molar refractivity (Wildman–Crippen MR) is 90.6 cm³/mol. The van der Waals surface area contributed by atoms with Crippen LogP contribution in [0.5, 0.6) is 5.75 Å². The van der Waals surface area contributed by atoms with Crippen molar-refractivity contribution < 1.29 is 9.53 Å². The zero-order chi connectivity index (χ0) is 16.4. The van der Waals surface area contributed by atoms with Crippen LogP contribution in [0.25, 0.3) is 6.08 Å². The number of carbonyl (C=O) groups excluding carboxylic acids is 1. The van der Waals surface area contributed by atoms with Crippen molar-refractivity contribution >= 4 is 12.0 Å². The molecule has 24 heavy (non-hydrogen) atoms. The topological polar surface area (TPSA) is 55.3 Å². The molecule has 2 aliphatic heterocycles. The summed E-state index contributed by atoms with van der Waals surface area (Å²) in [5.74, 6) is 0.894. The predicted octanol–water partition coefficient (Wildman–Crippen LogP) is 2.95. The van der Waals surface area contributed by atoms with E-state index in [1.54, 1.807) is 12.3 Å². The lowest BCUT2D eigenvalue weighted by atomic mass is 9.91. The third-order valence-electron chi connectivity index (χ3n) is 4.72. The zero-order valence-electron chi connectivity index (χ0n) is 13.4. The molecule has 1 aromatic heterocycles. The van der Waals surface area contributed by atoms with Crippen molar-refractivity contribution in [2.45, 2.75) is 24.9 Å². The Morgan fingerprint density at radius 1 is 1.17 bits per heavy atom. The number of para-hydroxylation sites is 1. The summed E-state index contributed by atoms with van der Waals surface area (Å²) in [6.45, 7) is 1.39. The van der Waals surface area contributed by atoms with Crippen molar-refractivity contribution in [1.82, 2.24) is 14.9 Å². The Morgan fingerprint density at radius 3 is 2.96 bits per heavy atom. The molecule has 1 saturated heterocycles. The molecule has 0 N–H and O–H groups in total. The first-order valence-corrected chi connectivity index (χ1v) is 8.28. The van der Waals surface area contributed by atoms with Crippen LogP contribution in [0.15, 0.2) is 48.9 Å². The number of fused-ring (bicyclic) bond motifs is 1. The van der Waals surface area contributed by atoms with E-state index in [1.165, 1.54) is 6.33 Å². The molecule has 1 atom stereocenters. The van der Waals surface area contributed by atoms with E-state index in [9.17, 15) is 4.79 Å². The Hall–Kier alpha value is -2.69. The largest absolute Gasteiger partial charge is 0.483 e. The van der Waals surface area contributed by atoms with Gasteiger partial charge >= 0.3 is 0 Å². The van der Waals surface area contributed by atoms with Crippen molar-refractivity contribution in [2.75, 3.05) is 13.1 Å². The summed E-state index contributed by atoms with van der Waals surface area (Å²) in [7, 11) is 0. The number of likely N-dealkylation sites (tertiary alicyclic amines) is 1. The molecule has 1 fully saturated rings. The standard InChI is InChI=1S/C19H19N3O2/c23-18(16-7-11-20-14-21-16)22-12-3-8-19(10-13-22)9-6-15-4-1-2-5-17(15)24-19/h1-2,4-7,9,11,14H,3,8,10,12-13H2/t19-/m0/s1. The van der Waals surface area contributed by atoms with E-state index in [1.807, 2.05) is 23.1 Å². The Bertz CT molecular complexity index is 775. The maximum absolute atomic E-state index is 12.6. The smallest absolute Gasteiger partial charge is 0.272 e. The summed E-state index contributed by atoms with van der Waals surface area (Å²) in [6, 6.07) is 9.74. The molecule has 2 aliphatic rings. The van der Waals surface area contributed by atoms with E-state index >= 15 is 0 Å². The summed E-state index contributed by atoms with van der Waals surface area (Å²) >= 11 is 0. The summed E-state index contributed by atoms with van der Waals surface area (Å²) in [5, 5.41) is 0. The molecule has 1 aromatic carbocycles. The van der Waals surface area contributed by atoms with E-state index in [2.05, 4.69) is 28.2 Å². The molecule has 5 nitrogen and oxygen atoms in total. The second kappa shape index (κ2) is 6.07. The highest BCUT2D eigenvalue weighted by Crippen LogP contribution is 2.37. The van der Waals surface area contributed by atoms with Crippen LogP contribution in [0.2, 0.25) is 0 Å². The summed E-state index contributed by atoms with van der Waals surface area (Å²) in [6.07, 6.45) is 9.91. The molecule has 3 heterocycles. The molecule has 1 amide bonds. The SMILES string of the molecule is O=C(c1ccncn1)N1CCC[C@]2(C=Cc3ccccc3O2)CC1. The monoisotopic (exact) mass is 321 g/mol. The minimum Gasteiger partial charge on any atom is -0.483 e. The van der Waals surface area contributed by atoms with Gasteiger partial charge in [0.05, 0.1) is 0 Å². The van der Waals surface area contributed by atoms with E-state index < -0.39 is 0 Å². The fourth-order valence-corrected chi connectivity index (χ4v) is 3.39. The number of benzene rings is 1. The number of ether oxygens (including phenoxy) is 1. The quantitative estimate of drug-likeness (QED) is 0.810. The molecule has 5 heteroatoms. The van der Waals surface area contributed by atoms with Gasteiger partial charge in [0, 0.05) is 31.3 Å². The first kappa shape index (κ1) is 14.9. The average Bonchev–Trinajstić information content (AvgIpc) is 2.84. The van der Waals surface area contributed by atoms with Crippen molar-refractivity contribution in [3.05, 3.63) is 60.2 Å². The lowest BCUT2D eigenvalue weighted by molar-refractivity contribution is 0.0724. The van der Waals surface area contributed by atoms with Crippen LogP contribution in [0, 0.1) is 0 Å². The van der Waals surface area contributed by atoms with Crippen molar-refractivity contribution in [3.63, 3.8) is 0 Å². The molecule has 4 rings (SSSR count). The van der Waals surface area contributed by atoms with Gasteiger partial charge in [-0.15, -0.1) is 0 Å². The molecular weight excluding hydrogens is 302 g/mol. The molecule has 0 aliphatic carbocycles. The number of amides is 1. The van der Waals surface area contributed by atoms with Crippen molar-refractivity contribution in [1.29, 1.82) is 0 Å². The van der Waals surface area contributed by atoms with Crippen LogP contribution in [0.1, 0.15) is 35.3 Å². The number of hydrogen-bond acceptors (Lipinski definition) is 4. The second-order valence-corrected chi connectivity index (χ2v) is 6.28. The van der Waals surface area contributed by atoms with Crippen molar-refractivity contribution in [3.8, 4) is 5.75 Å². The lowest BCUT2D eigenvalue weighted by Gasteiger charge is -2.34. The molecule has 122 valence electrons. The van der Waals surface area contributed by atoms with Crippen molar-refractivity contribution in [2.24, 2.45) is 0 Å². The maximum atomic E-state index is 12.6. The number of carbonyl (C=O) groups is 1. The van der Waals surface area contributed by atoms with Gasteiger partial charge in [0.2, 0.25) is 0 Å². The van der Waals surface area contributed by atoms with Gasteiger partial charge in [0.1, 0.15) is 23.4 Å². The number of nitrogens with zero attached hydrogens (tertiary/aromatic N) is 3. The molecule has 0 bridgehead atoms. The van der Waals surface area contributed by atoms with Gasteiger partial charge in [-0.25, -0.2) is 9.97 Å². The number of rotatable bonds is 1. The van der Waals surface area contributed by atoms with Gasteiger partial charge in [0.25, 0.3) is 5.91 Å².